The van der Waals surface area contributed by atoms with Gasteiger partial charge in [-0.05, 0) is 0 Å². The van der Waals surface area contributed by atoms with E-state index in [1.807, 2.05) is 34.9 Å². The first-order valence-corrected chi connectivity index (χ1v) is 5.75. The second kappa shape index (κ2) is 7.35. The molecule has 0 heterocycles. The van der Waals surface area contributed by atoms with E-state index in [2.05, 4.69) is 24.8 Å². The summed E-state index contributed by atoms with van der Waals surface area (Å²) in [5.41, 5.74) is -0.0833. The van der Waals surface area contributed by atoms with Crippen molar-refractivity contribution >= 4 is 66.8 Å². The molecule has 0 saturated heterocycles. The van der Waals surface area contributed by atoms with E-state index in [0.717, 1.165) is 35.8 Å². The van der Waals surface area contributed by atoms with Gasteiger partial charge >= 0.3 is 68.6 Å². The maximum Gasteiger partial charge on any atom is 0.00456 e. The van der Waals surface area contributed by atoms with Crippen LogP contribution in [0.5, 0.6) is 0 Å². The van der Waals surface area contributed by atoms with Crippen LogP contribution < -0.4 is 0 Å². The summed E-state index contributed by atoms with van der Waals surface area (Å²) in [4.78, 5) is 12.2. The predicted molar refractivity (Wildman–Crippen MR) is 63.9 cm³/mol. The smallest absolute Gasteiger partial charge is 0.00456 e. The van der Waals surface area contributed by atoms with E-state index in [0.29, 0.717) is 6.20 Å². The van der Waals surface area contributed by atoms with Gasteiger partial charge in [0, 0.05) is 14.1 Å². The molecule has 0 aliphatic heterocycles. The second-order valence-electron chi connectivity index (χ2n) is 3.83. The minimum absolute atomic E-state index is 0.0833. The number of hydrogen-bond acceptors (Lipinski definition) is 3. The number of nitrogens with zero attached hydrogens (tertiary/aromatic N) is 1. The van der Waals surface area contributed by atoms with Crippen LogP contribution in [0, 0.1) is 5.41 Å². The topological polar surface area (TPSA) is 20.3 Å². The largest absolute Gasteiger partial charge is 0.411 e. The summed E-state index contributed by atoms with van der Waals surface area (Å²) in [5.74, 6) is 0. The average Bonchev–Trinajstić information content (AvgIpc) is 1.86. The molecule has 5 heteroatoms. The van der Waals surface area contributed by atoms with Crippen LogP contribution in [0.15, 0.2) is 0 Å². The van der Waals surface area contributed by atoms with Crippen LogP contribution in [-0.2, 0) is 17.4 Å². The molecule has 0 bridgehead atoms. The summed E-state index contributed by atoms with van der Waals surface area (Å²) in [6.07, 6.45) is 0. The number of carbonyl (C=O) groups is 1. The summed E-state index contributed by atoms with van der Waals surface area (Å²) in [5, 5.41) is 0. The van der Waals surface area contributed by atoms with E-state index < -0.39 is 0 Å². The Morgan fingerprint density at radius 3 is 1.54 bits per heavy atom. The summed E-state index contributed by atoms with van der Waals surface area (Å²) in [7, 11) is 3.66. The molecule has 0 aliphatic rings. The van der Waals surface area contributed by atoms with Crippen molar-refractivity contribution in [1.82, 2.24) is 4.90 Å². The standard InChI is InChI=1S/C5H9O.C3H7NS2.Ca/c1-5(2,3)4-6;1-4(2)3(5)6;/h1-3H3;1-2H3,(H,5,6);/q;;+1/p-1. The van der Waals surface area contributed by atoms with Crippen molar-refractivity contribution in [3.8, 4) is 0 Å². The first-order valence-electron chi connectivity index (χ1n) is 3.83. The molecule has 0 aliphatic carbocycles. The first-order chi connectivity index (χ1) is 5.59. The van der Waals surface area contributed by atoms with E-state index in [1.54, 1.807) is 4.90 Å². The zero-order valence-corrected chi connectivity index (χ0v) is 12.7. The normalized spacial score (nSPS) is 9.77. The average molecular weight is 245 g/mol. The third-order valence-corrected chi connectivity index (χ3v) is 3.59. The minimum Gasteiger partial charge on any atom is -0.411 e. The van der Waals surface area contributed by atoms with Crippen LogP contribution in [0.1, 0.15) is 20.8 Å². The molecule has 13 heavy (non-hydrogen) atoms. The summed E-state index contributed by atoms with van der Waals surface area (Å²) in [6, 6.07) is 0. The summed E-state index contributed by atoms with van der Waals surface area (Å²) >= 11 is 9.90. The van der Waals surface area contributed by atoms with Crippen LogP contribution in [0.2, 0.25) is 0 Å². The quantitative estimate of drug-likeness (QED) is 0.362. The van der Waals surface area contributed by atoms with E-state index in [4.69, 9.17) is 0 Å². The van der Waals surface area contributed by atoms with Gasteiger partial charge in [-0.25, -0.2) is 0 Å². The van der Waals surface area contributed by atoms with Crippen LogP contribution in [0.3, 0.4) is 0 Å². The van der Waals surface area contributed by atoms with Gasteiger partial charge in [-0.3, -0.25) is 0 Å². The summed E-state index contributed by atoms with van der Waals surface area (Å²) < 4.78 is 0.877. The van der Waals surface area contributed by atoms with Gasteiger partial charge in [0.1, 0.15) is 0 Å². The minimum atomic E-state index is -0.0833. The van der Waals surface area contributed by atoms with Crippen molar-refractivity contribution in [2.45, 2.75) is 20.8 Å². The van der Waals surface area contributed by atoms with Gasteiger partial charge < -0.3 is 29.7 Å². The van der Waals surface area contributed by atoms with Crippen molar-refractivity contribution in [2.24, 2.45) is 5.41 Å². The van der Waals surface area contributed by atoms with Gasteiger partial charge in [0.15, 0.2) is 0 Å². The molecule has 0 fully saturated rings. The van der Waals surface area contributed by atoms with Gasteiger partial charge in [0.2, 0.25) is 0 Å². The molecule has 0 atom stereocenters. The predicted octanol–water partition coefficient (Wildman–Crippen LogP) is 1.11. The van der Waals surface area contributed by atoms with Crippen LogP contribution >= 0.6 is 12.2 Å². The Balaban J connectivity index is 0. The zero-order chi connectivity index (χ0) is 11.2. The van der Waals surface area contributed by atoms with E-state index in [1.165, 1.54) is 0 Å². The zero-order valence-electron chi connectivity index (χ0n) is 8.88. The first kappa shape index (κ1) is 16.5. The Labute approximate surface area is 115 Å². The monoisotopic (exact) mass is 245 g/mol. The van der Waals surface area contributed by atoms with E-state index in [9.17, 15) is 4.79 Å². The van der Waals surface area contributed by atoms with Gasteiger partial charge in [-0.2, -0.15) is 0 Å². The summed E-state index contributed by atoms with van der Waals surface area (Å²) in [6.45, 7) is 5.83. The van der Waals surface area contributed by atoms with E-state index >= 15 is 0 Å². The molecule has 0 N–H and O–H groups in total. The third kappa shape index (κ3) is 13.0. The van der Waals surface area contributed by atoms with Crippen LogP contribution in [0.25, 0.3) is 0 Å². The molecule has 0 aromatic heterocycles. The van der Waals surface area contributed by atoms with Gasteiger partial charge in [0.05, 0.1) is 0 Å². The van der Waals surface area contributed by atoms with E-state index in [-0.39, 0.29) is 5.41 Å². The van der Waals surface area contributed by atoms with Gasteiger partial charge in [0.25, 0.3) is 0 Å². The Morgan fingerprint density at radius 1 is 1.38 bits per heavy atom. The number of thiocarbonyl (C=S) groups is 1. The third-order valence-electron chi connectivity index (χ3n) is 1.20. The Morgan fingerprint density at radius 2 is 1.54 bits per heavy atom. The fourth-order valence-corrected chi connectivity index (χ4v) is 0. The fourth-order valence-electron chi connectivity index (χ4n) is 0. The molecule has 0 aromatic rings. The van der Waals surface area contributed by atoms with Crippen LogP contribution in [0.4, 0.5) is 0 Å². The molecule has 2 nitrogen and oxygen atoms in total. The Bertz CT molecular complexity index is 187. The molecule has 0 aromatic carbocycles. The Hall–Kier alpha value is 1.04. The van der Waals surface area contributed by atoms with Gasteiger partial charge in [-0.1, -0.05) is 4.32 Å². The second-order valence-corrected chi connectivity index (χ2v) is 5.87. The maximum absolute atomic E-state index is 10.5. The van der Waals surface area contributed by atoms with Crippen molar-refractivity contribution < 1.29 is 4.79 Å². The number of hydrogen-bond donors (Lipinski definition) is 0. The molecular weight excluding hydrogens is 230 g/mol. The number of rotatable bonds is 0. The van der Waals surface area contributed by atoms with Crippen molar-refractivity contribution in [3.05, 3.63) is 0 Å². The molecule has 0 rings (SSSR count). The molecule has 0 saturated carbocycles. The van der Waals surface area contributed by atoms with Crippen LogP contribution in [-0.4, -0.2) is 61.0 Å². The van der Waals surface area contributed by atoms with Crippen molar-refractivity contribution in [3.63, 3.8) is 0 Å². The molecular formula is C8H15CaNOS2. The number of carbonyl (C=O) groups excluding carboxylic acids is 1. The molecule has 0 unspecified atom stereocenters. The SMILES string of the molecule is CC(C)(C)[C](=O)[Ca+].CN(C)C(=S)[S-]. The molecule has 0 radical (unpaired) electrons. The fraction of sp³-hybridized carbons (Fsp3) is 0.750. The van der Waals surface area contributed by atoms with Crippen molar-refractivity contribution in [2.75, 3.05) is 14.1 Å². The van der Waals surface area contributed by atoms with Crippen molar-refractivity contribution in [1.29, 1.82) is 0 Å². The maximum atomic E-state index is 10.5. The molecule has 0 spiro atoms. The Kier molecular flexibility index (Phi) is 9.31. The molecule has 72 valence electrons. The molecule has 0 amide bonds. The van der Waals surface area contributed by atoms with Gasteiger partial charge in [-0.15, -0.1) is 0 Å².